The molecule has 178 valence electrons. The zero-order valence-electron chi connectivity index (χ0n) is 21.0. The molecule has 0 amide bonds. The second-order valence-corrected chi connectivity index (χ2v) is 21.5. The van der Waals surface area contributed by atoms with Gasteiger partial charge in [-0.25, -0.2) is 0 Å². The highest BCUT2D eigenvalue weighted by atomic mass is 28.4. The average molecular weight is 511 g/mol. The van der Waals surface area contributed by atoms with Crippen molar-refractivity contribution in [2.45, 2.75) is 19.6 Å². The molecule has 2 nitrogen and oxygen atoms in total. The van der Waals surface area contributed by atoms with Gasteiger partial charge in [-0.2, -0.15) is 0 Å². The fraction of sp³-hybridized carbons (Fsp3) is 0.133. The zero-order chi connectivity index (χ0) is 24.8. The molecule has 0 unspecified atom stereocenters. The van der Waals surface area contributed by atoms with Crippen LogP contribution in [0.25, 0.3) is 0 Å². The molecule has 0 aliphatic heterocycles. The van der Waals surface area contributed by atoms with Crippen molar-refractivity contribution in [3.8, 4) is 0 Å². The first-order valence-corrected chi connectivity index (χ1v) is 19.5. The molecule has 0 aromatic heterocycles. The second-order valence-electron chi connectivity index (χ2n) is 9.82. The third kappa shape index (κ3) is 5.55. The summed E-state index contributed by atoms with van der Waals surface area (Å²) in [6.07, 6.45) is 0. The average Bonchev–Trinajstić information content (AvgIpc) is 2.91. The fourth-order valence-electron chi connectivity index (χ4n) is 4.35. The van der Waals surface area contributed by atoms with Gasteiger partial charge in [0, 0.05) is 7.11 Å². The van der Waals surface area contributed by atoms with Gasteiger partial charge in [0.1, 0.15) is 0 Å². The van der Waals surface area contributed by atoms with Crippen LogP contribution in [-0.4, -0.2) is 32.1 Å². The van der Waals surface area contributed by atoms with Gasteiger partial charge in [-0.15, -0.1) is 0 Å². The second kappa shape index (κ2) is 10.8. The Morgan fingerprint density at radius 1 is 0.486 bits per heavy atom. The third-order valence-electron chi connectivity index (χ3n) is 6.12. The first-order valence-electron chi connectivity index (χ1n) is 12.1. The van der Waals surface area contributed by atoms with Gasteiger partial charge < -0.3 is 8.54 Å². The van der Waals surface area contributed by atoms with E-state index < -0.39 is 25.0 Å². The molecule has 4 aromatic rings. The van der Waals surface area contributed by atoms with Crippen LogP contribution in [0.4, 0.5) is 0 Å². The highest BCUT2D eigenvalue weighted by Gasteiger charge is 2.51. The lowest BCUT2D eigenvalue weighted by Crippen LogP contribution is -2.73. The van der Waals surface area contributed by atoms with E-state index in [1.807, 2.05) is 19.2 Å². The van der Waals surface area contributed by atoms with Crippen LogP contribution < -0.4 is 20.7 Å². The molecular formula is C30H34O2Si3. The molecule has 0 bridgehead atoms. The minimum atomic E-state index is -3.09. The van der Waals surface area contributed by atoms with Crippen LogP contribution in [0.1, 0.15) is 0 Å². The number of benzene rings is 4. The molecule has 0 heterocycles. The predicted molar refractivity (Wildman–Crippen MR) is 156 cm³/mol. The Labute approximate surface area is 213 Å². The molecule has 5 heteroatoms. The van der Waals surface area contributed by atoms with Crippen LogP contribution in [-0.2, 0) is 8.54 Å². The lowest BCUT2D eigenvalue weighted by Gasteiger charge is -2.40. The molecule has 0 N–H and O–H groups in total. The Morgan fingerprint density at radius 3 is 1.14 bits per heavy atom. The van der Waals surface area contributed by atoms with E-state index in [0.29, 0.717) is 0 Å². The van der Waals surface area contributed by atoms with Crippen LogP contribution in [0.15, 0.2) is 133 Å². The van der Waals surface area contributed by atoms with Gasteiger partial charge in [-0.1, -0.05) is 152 Å². The van der Waals surface area contributed by atoms with Crippen molar-refractivity contribution in [3.63, 3.8) is 0 Å². The van der Waals surface area contributed by atoms with Gasteiger partial charge >= 0.3 is 8.56 Å². The van der Waals surface area contributed by atoms with Crippen molar-refractivity contribution in [3.05, 3.63) is 133 Å². The molecule has 0 atom stereocenters. The van der Waals surface area contributed by atoms with Crippen molar-refractivity contribution in [1.29, 1.82) is 0 Å². The number of hydrogen-bond acceptors (Lipinski definition) is 2. The smallest absolute Gasteiger partial charge is 0.397 e. The van der Waals surface area contributed by atoms with Crippen molar-refractivity contribution in [1.82, 2.24) is 0 Å². The van der Waals surface area contributed by atoms with Crippen LogP contribution in [0.5, 0.6) is 0 Å². The standard InChI is InChI=1S/C30H34O2Si3/c1-31-35(29-21-13-7-14-22-29,30-23-15-8-16-24-30)32-34(26-25-33(2,3)4,27-17-9-5-10-18-27)28-19-11-6-12-20-28/h5-26H,1-4H3. The molecule has 0 saturated heterocycles. The van der Waals surface area contributed by atoms with Crippen molar-refractivity contribution < 1.29 is 8.54 Å². The van der Waals surface area contributed by atoms with Crippen molar-refractivity contribution in [2.24, 2.45) is 0 Å². The Morgan fingerprint density at radius 2 is 0.829 bits per heavy atom. The largest absolute Gasteiger partial charge is 0.418 e. The molecule has 35 heavy (non-hydrogen) atoms. The van der Waals surface area contributed by atoms with E-state index >= 15 is 0 Å². The minimum absolute atomic E-state index is 1.11. The number of hydrogen-bond donors (Lipinski definition) is 0. The van der Waals surface area contributed by atoms with Crippen LogP contribution in [0.3, 0.4) is 0 Å². The summed E-state index contributed by atoms with van der Waals surface area (Å²) in [5.41, 5.74) is 4.88. The molecule has 4 rings (SSSR count). The van der Waals surface area contributed by atoms with Gasteiger partial charge in [0.2, 0.25) is 0 Å². The maximum Gasteiger partial charge on any atom is 0.397 e. The van der Waals surface area contributed by atoms with Crippen LogP contribution in [0.2, 0.25) is 19.6 Å². The lowest BCUT2D eigenvalue weighted by molar-refractivity contribution is 0.331. The third-order valence-corrected chi connectivity index (χ3v) is 15.8. The van der Waals surface area contributed by atoms with Gasteiger partial charge in [0.05, 0.1) is 8.07 Å². The predicted octanol–water partition coefficient (Wildman–Crippen LogP) is 4.64. The molecular weight excluding hydrogens is 477 g/mol. The summed E-state index contributed by atoms with van der Waals surface area (Å²) < 4.78 is 14.3. The summed E-state index contributed by atoms with van der Waals surface area (Å²) in [4.78, 5) is 0. The maximum atomic E-state index is 7.71. The van der Waals surface area contributed by atoms with E-state index in [1.54, 1.807) is 0 Å². The molecule has 0 aliphatic rings. The summed E-state index contributed by atoms with van der Waals surface area (Å²) in [6.45, 7) is 7.11. The fourth-order valence-corrected chi connectivity index (χ4v) is 15.8. The van der Waals surface area contributed by atoms with Gasteiger partial charge in [-0.05, 0) is 20.7 Å². The summed E-state index contributed by atoms with van der Waals surface area (Å²) in [6, 6.07) is 42.5. The summed E-state index contributed by atoms with van der Waals surface area (Å²) in [7, 11) is -5.70. The molecule has 4 aromatic carbocycles. The molecule has 0 fully saturated rings. The maximum absolute atomic E-state index is 7.71. The van der Waals surface area contributed by atoms with E-state index in [1.165, 1.54) is 10.4 Å². The molecule has 0 aliphatic carbocycles. The first-order chi connectivity index (χ1) is 16.9. The van der Waals surface area contributed by atoms with Crippen LogP contribution >= 0.6 is 0 Å². The normalized spacial score (nSPS) is 12.7. The Bertz CT molecular complexity index is 1140. The highest BCUT2D eigenvalue weighted by Crippen LogP contribution is 2.20. The summed E-state index contributed by atoms with van der Waals surface area (Å²) in [5, 5.41) is 4.67. The Hall–Kier alpha value is -2.81. The topological polar surface area (TPSA) is 18.5 Å². The van der Waals surface area contributed by atoms with E-state index in [2.05, 4.69) is 140 Å². The summed E-state index contributed by atoms with van der Waals surface area (Å²) in [5.74, 6) is 0. The van der Waals surface area contributed by atoms with Crippen molar-refractivity contribution >= 4 is 45.7 Å². The molecule has 0 radical (unpaired) electrons. The first kappa shape index (κ1) is 25.3. The van der Waals surface area contributed by atoms with Gasteiger partial charge in [-0.3, -0.25) is 0 Å². The highest BCUT2D eigenvalue weighted by molar-refractivity contribution is 7.09. The quantitative estimate of drug-likeness (QED) is 0.306. The SMILES string of the molecule is CO[Si](O[Si](C=C[Si](C)(C)C)(c1ccccc1)c1ccccc1)(c1ccccc1)c1ccccc1. The van der Waals surface area contributed by atoms with Crippen molar-refractivity contribution in [2.75, 3.05) is 7.11 Å². The summed E-state index contributed by atoms with van der Waals surface area (Å²) >= 11 is 0. The number of rotatable bonds is 9. The van der Waals surface area contributed by atoms with E-state index in [4.69, 9.17) is 8.54 Å². The van der Waals surface area contributed by atoms with Crippen LogP contribution in [0, 0.1) is 0 Å². The minimum Gasteiger partial charge on any atom is -0.418 e. The lowest BCUT2D eigenvalue weighted by atomic mass is 10.4. The Kier molecular flexibility index (Phi) is 7.84. The van der Waals surface area contributed by atoms with Gasteiger partial charge in [0.25, 0.3) is 8.32 Å². The Balaban J connectivity index is 2.05. The van der Waals surface area contributed by atoms with Gasteiger partial charge in [0.15, 0.2) is 0 Å². The van der Waals surface area contributed by atoms with E-state index in [-0.39, 0.29) is 0 Å². The monoisotopic (exact) mass is 510 g/mol. The zero-order valence-corrected chi connectivity index (χ0v) is 24.0. The molecule has 0 spiro atoms. The van der Waals surface area contributed by atoms with E-state index in [9.17, 15) is 0 Å². The molecule has 0 saturated carbocycles. The van der Waals surface area contributed by atoms with E-state index in [0.717, 1.165) is 10.4 Å².